The van der Waals surface area contributed by atoms with Gasteiger partial charge in [0.05, 0.1) is 28.8 Å². The number of hydrogen-bond donors (Lipinski definition) is 4. The Morgan fingerprint density at radius 1 is 1.04 bits per heavy atom. The molecule has 6 rings (SSSR count). The minimum Gasteiger partial charge on any atom is -0.508 e. The van der Waals surface area contributed by atoms with E-state index < -0.39 is 5.92 Å². The van der Waals surface area contributed by atoms with E-state index in [-0.39, 0.29) is 35.5 Å². The summed E-state index contributed by atoms with van der Waals surface area (Å²) in [5.41, 5.74) is 2.55. The van der Waals surface area contributed by atoms with Crippen LogP contribution >= 0.6 is 11.6 Å². The molecule has 2 aromatic carbocycles. The molecule has 16 heteroatoms. The first-order valence-electron chi connectivity index (χ1n) is 16.9. The van der Waals surface area contributed by atoms with Gasteiger partial charge in [0.25, 0.3) is 11.5 Å². The fourth-order valence-electron chi connectivity index (χ4n) is 6.01. The van der Waals surface area contributed by atoms with E-state index in [2.05, 4.69) is 35.9 Å². The topological polar surface area (TPSA) is 186 Å². The molecule has 274 valence electrons. The predicted octanol–water partition coefficient (Wildman–Crippen LogP) is 3.93. The van der Waals surface area contributed by atoms with Gasteiger partial charge in [-0.3, -0.25) is 19.1 Å². The van der Waals surface area contributed by atoms with Crippen LogP contribution < -0.4 is 31.1 Å². The number of carbonyl (C=O) groups excluding carboxylic acids is 3. The van der Waals surface area contributed by atoms with Crippen LogP contribution in [0.15, 0.2) is 53.5 Å². The van der Waals surface area contributed by atoms with E-state index in [1.165, 1.54) is 18.0 Å². The second-order valence-electron chi connectivity index (χ2n) is 12.3. The zero-order chi connectivity index (χ0) is 37.4. The highest BCUT2D eigenvalue weighted by Crippen LogP contribution is 2.31. The third-order valence-electron chi connectivity index (χ3n) is 8.79. The van der Waals surface area contributed by atoms with E-state index >= 15 is 0 Å². The monoisotopic (exact) mass is 731 g/mol. The average molecular weight is 732 g/mol. The molecule has 3 aromatic heterocycles. The van der Waals surface area contributed by atoms with Crippen molar-refractivity contribution in [2.45, 2.75) is 38.0 Å². The van der Waals surface area contributed by atoms with Gasteiger partial charge in [0.1, 0.15) is 17.1 Å². The summed E-state index contributed by atoms with van der Waals surface area (Å²) in [6.45, 7) is 1.64. The lowest BCUT2D eigenvalue weighted by Crippen LogP contribution is -2.31. The number of benzene rings is 2. The first-order valence-corrected chi connectivity index (χ1v) is 17.2. The van der Waals surface area contributed by atoms with E-state index in [9.17, 15) is 24.3 Å². The van der Waals surface area contributed by atoms with Crippen molar-refractivity contribution in [2.24, 2.45) is 14.1 Å². The number of aldehydes is 1. The maximum Gasteiger partial charge on any atom is 0.293 e. The molecule has 4 N–H and O–H groups in total. The van der Waals surface area contributed by atoms with Crippen LogP contribution in [-0.2, 0) is 28.5 Å². The molecule has 0 saturated carbocycles. The maximum atomic E-state index is 12.5. The number of aryl methyl sites for hydroxylation is 2. The largest absolute Gasteiger partial charge is 0.508 e. The van der Waals surface area contributed by atoms with Gasteiger partial charge in [-0.25, -0.2) is 4.98 Å². The molecule has 4 heterocycles. The van der Waals surface area contributed by atoms with Crippen molar-refractivity contribution in [1.29, 1.82) is 0 Å². The number of amides is 2. The summed E-state index contributed by atoms with van der Waals surface area (Å²) in [5, 5.41) is 24.2. The third-order valence-corrected chi connectivity index (χ3v) is 9.07. The van der Waals surface area contributed by atoms with Crippen LogP contribution in [0.2, 0.25) is 5.02 Å². The van der Waals surface area contributed by atoms with Crippen LogP contribution in [0.1, 0.15) is 43.7 Å². The Hall–Kier alpha value is -5.70. The lowest BCUT2D eigenvalue weighted by molar-refractivity contribution is -0.123. The molecule has 1 saturated heterocycles. The predicted molar refractivity (Wildman–Crippen MR) is 200 cm³/mol. The van der Waals surface area contributed by atoms with Gasteiger partial charge in [-0.1, -0.05) is 11.6 Å². The van der Waals surface area contributed by atoms with Gasteiger partial charge in [0, 0.05) is 70.2 Å². The Labute approximate surface area is 304 Å². The van der Waals surface area contributed by atoms with Gasteiger partial charge in [0.15, 0.2) is 18.2 Å². The van der Waals surface area contributed by atoms with E-state index in [0.717, 1.165) is 59.7 Å². The Kier molecular flexibility index (Phi) is 12.3. The van der Waals surface area contributed by atoms with E-state index in [1.54, 1.807) is 56.3 Å². The normalized spacial score (nSPS) is 13.2. The number of pyridine rings is 1. The summed E-state index contributed by atoms with van der Waals surface area (Å²) in [4.78, 5) is 57.8. The number of nitrogens with one attached hydrogen (secondary N) is 3. The number of likely N-dealkylation sites (N-methyl/N-ethyl adjacent to an activating group) is 2. The third kappa shape index (κ3) is 8.60. The highest BCUT2D eigenvalue weighted by atomic mass is 35.5. The maximum absolute atomic E-state index is 12.5. The number of anilines is 3. The molecular weight excluding hydrogens is 690 g/mol. The van der Waals surface area contributed by atoms with Gasteiger partial charge >= 0.3 is 0 Å². The first kappa shape index (κ1) is 37.6. The summed E-state index contributed by atoms with van der Waals surface area (Å²) in [6, 6.07) is 12.1. The second kappa shape index (κ2) is 17.0. The van der Waals surface area contributed by atoms with Crippen molar-refractivity contribution in [3.8, 4) is 11.5 Å². The standard InChI is InChI=1S/C22H25ClN6O3.C14H17N3O3/c1-24-19(30)13-32-18-11-14-10-15(6-7-17(14)28(2)21(18)31)26-20-16(23)12-25-22(27-20)29-8-4-3-5-9-29;1-15-14(20)11(4-3-7-18)13-10-6-5-9(19)8-12(10)17(2)16-13/h6-7,10-12H,3-5,8-9,13H2,1-2H3,(H,24,30)(H,25,26,27);5-8,11,19H,3-4H2,1-2H3,(H,15,20). The molecule has 52 heavy (non-hydrogen) atoms. The van der Waals surface area contributed by atoms with Crippen molar-refractivity contribution in [2.75, 3.05) is 44.0 Å². The molecule has 1 atom stereocenters. The highest BCUT2D eigenvalue weighted by molar-refractivity contribution is 6.32. The van der Waals surface area contributed by atoms with Crippen molar-refractivity contribution in [3.05, 3.63) is 69.7 Å². The molecule has 0 aliphatic carbocycles. The highest BCUT2D eigenvalue weighted by Gasteiger charge is 2.25. The number of rotatable bonds is 11. The van der Waals surface area contributed by atoms with Crippen LogP contribution in [0.25, 0.3) is 21.8 Å². The van der Waals surface area contributed by atoms with Crippen molar-refractivity contribution < 1.29 is 24.2 Å². The number of aromatic nitrogens is 5. The van der Waals surface area contributed by atoms with Crippen LogP contribution in [0.3, 0.4) is 0 Å². The number of halogens is 1. The first-order chi connectivity index (χ1) is 25.0. The van der Waals surface area contributed by atoms with Crippen LogP contribution in [0, 0.1) is 0 Å². The molecule has 1 unspecified atom stereocenters. The Morgan fingerprint density at radius 3 is 2.52 bits per heavy atom. The molecular formula is C36H42ClN9O6. The van der Waals surface area contributed by atoms with Crippen molar-refractivity contribution >= 4 is 69.0 Å². The lowest BCUT2D eigenvalue weighted by Gasteiger charge is -2.26. The minimum absolute atomic E-state index is 0.105. The quantitative estimate of drug-likeness (QED) is 0.144. The number of piperidine rings is 1. The van der Waals surface area contributed by atoms with Crippen LogP contribution in [0.4, 0.5) is 17.5 Å². The molecule has 15 nitrogen and oxygen atoms in total. The summed E-state index contributed by atoms with van der Waals surface area (Å²) in [5.74, 6) is 0.473. The van der Waals surface area contributed by atoms with Gasteiger partial charge < -0.3 is 40.1 Å². The fraction of sp³-hybridized carbons (Fsp3) is 0.361. The number of phenolic OH excluding ortho intramolecular Hbond substituents is 1. The van der Waals surface area contributed by atoms with Gasteiger partial charge in [-0.05, 0) is 62.1 Å². The average Bonchev–Trinajstić information content (AvgIpc) is 3.48. The number of phenols is 1. The van der Waals surface area contributed by atoms with Crippen molar-refractivity contribution in [3.63, 3.8) is 0 Å². The molecule has 1 aliphatic heterocycles. The molecule has 0 radical (unpaired) electrons. The number of aromatic hydroxyl groups is 1. The van der Waals surface area contributed by atoms with E-state index in [1.807, 2.05) is 18.2 Å². The number of hydrogen-bond acceptors (Lipinski definition) is 11. The number of nitrogens with zero attached hydrogens (tertiary/aromatic N) is 6. The van der Waals surface area contributed by atoms with Gasteiger partial charge in [-0.2, -0.15) is 10.1 Å². The van der Waals surface area contributed by atoms with Crippen molar-refractivity contribution in [1.82, 2.24) is 34.9 Å². The summed E-state index contributed by atoms with van der Waals surface area (Å²) in [7, 11) is 6.49. The zero-order valence-electron chi connectivity index (χ0n) is 29.5. The van der Waals surface area contributed by atoms with Gasteiger partial charge in [-0.15, -0.1) is 0 Å². The molecule has 1 aliphatic rings. The summed E-state index contributed by atoms with van der Waals surface area (Å²) < 4.78 is 8.54. The van der Waals surface area contributed by atoms with Crippen LogP contribution in [-0.4, -0.2) is 81.3 Å². The zero-order valence-corrected chi connectivity index (χ0v) is 30.2. The number of carbonyl (C=O) groups is 3. The number of fused-ring (bicyclic) bond motifs is 2. The summed E-state index contributed by atoms with van der Waals surface area (Å²) in [6.07, 6.45) is 6.60. The SMILES string of the molecule is CNC(=O)C(CCC=O)c1nn(C)c2cc(O)ccc12.CNC(=O)COc1cc2cc(Nc3nc(N4CCCCC4)ncc3Cl)ccc2n(C)c1=O. The molecule has 2 amide bonds. The Balaban J connectivity index is 0.000000225. The second-order valence-corrected chi connectivity index (χ2v) is 12.7. The smallest absolute Gasteiger partial charge is 0.293 e. The molecule has 0 bridgehead atoms. The Bertz CT molecular complexity index is 2140. The van der Waals surface area contributed by atoms with Gasteiger partial charge in [0.2, 0.25) is 11.9 Å². The number of ether oxygens (including phenoxy) is 1. The molecule has 0 spiro atoms. The molecule has 1 fully saturated rings. The van der Waals surface area contributed by atoms with E-state index in [0.29, 0.717) is 35.3 Å². The minimum atomic E-state index is -0.474. The lowest BCUT2D eigenvalue weighted by atomic mass is 9.96. The summed E-state index contributed by atoms with van der Waals surface area (Å²) >= 11 is 6.35. The Morgan fingerprint density at radius 2 is 1.81 bits per heavy atom. The van der Waals surface area contributed by atoms with E-state index in [4.69, 9.17) is 16.3 Å². The van der Waals surface area contributed by atoms with Crippen LogP contribution in [0.5, 0.6) is 11.5 Å². The molecule has 5 aromatic rings. The fourth-order valence-corrected chi connectivity index (χ4v) is 6.15.